The Labute approximate surface area is 195 Å². The molecule has 33 heavy (non-hydrogen) atoms. The van der Waals surface area contributed by atoms with Crippen molar-refractivity contribution in [3.63, 3.8) is 0 Å². The normalized spacial score (nSPS) is 10.7. The molecule has 0 radical (unpaired) electrons. The summed E-state index contributed by atoms with van der Waals surface area (Å²) in [6.07, 6.45) is 0. The maximum Gasteiger partial charge on any atom is 0.266 e. The van der Waals surface area contributed by atoms with Crippen molar-refractivity contribution in [2.24, 2.45) is 0 Å². The minimum atomic E-state index is -0.201. The zero-order valence-electron chi connectivity index (χ0n) is 18.3. The molecule has 0 saturated carbocycles. The number of anilines is 1. The van der Waals surface area contributed by atoms with Crippen LogP contribution in [-0.2, 0) is 4.79 Å². The molecular weight excluding hydrogens is 438 g/mol. The SMILES string of the molecule is CCOc1ccc(NC(=O)CSc2nc3ccccc3c(=O)n2-c2ccc(OC)cc2)cc1. The number of benzene rings is 3. The van der Waals surface area contributed by atoms with Crippen LogP contribution in [0.3, 0.4) is 0 Å². The van der Waals surface area contributed by atoms with E-state index in [9.17, 15) is 9.59 Å². The molecule has 1 N–H and O–H groups in total. The molecule has 0 fully saturated rings. The van der Waals surface area contributed by atoms with E-state index < -0.39 is 0 Å². The third kappa shape index (κ3) is 5.18. The van der Waals surface area contributed by atoms with Gasteiger partial charge in [-0.05, 0) is 67.6 Å². The fourth-order valence-corrected chi connectivity index (χ4v) is 4.11. The van der Waals surface area contributed by atoms with Crippen LogP contribution in [0.4, 0.5) is 5.69 Å². The summed E-state index contributed by atoms with van der Waals surface area (Å²) in [4.78, 5) is 30.5. The van der Waals surface area contributed by atoms with Crippen LogP contribution >= 0.6 is 11.8 Å². The van der Waals surface area contributed by atoms with E-state index in [-0.39, 0.29) is 17.2 Å². The molecule has 0 aliphatic rings. The molecule has 0 atom stereocenters. The summed E-state index contributed by atoms with van der Waals surface area (Å²) < 4.78 is 12.2. The van der Waals surface area contributed by atoms with Gasteiger partial charge in [-0.3, -0.25) is 14.2 Å². The molecule has 7 nitrogen and oxygen atoms in total. The molecule has 1 aromatic heterocycles. The van der Waals surface area contributed by atoms with E-state index >= 15 is 0 Å². The lowest BCUT2D eigenvalue weighted by Crippen LogP contribution is -2.23. The Balaban J connectivity index is 1.59. The van der Waals surface area contributed by atoms with E-state index in [1.807, 2.05) is 13.0 Å². The fourth-order valence-electron chi connectivity index (χ4n) is 3.30. The van der Waals surface area contributed by atoms with Crippen LogP contribution in [0.15, 0.2) is 82.7 Å². The highest BCUT2D eigenvalue weighted by atomic mass is 32.2. The number of thioether (sulfide) groups is 1. The van der Waals surface area contributed by atoms with Gasteiger partial charge in [-0.2, -0.15) is 0 Å². The van der Waals surface area contributed by atoms with E-state index in [0.29, 0.717) is 39.8 Å². The Morgan fingerprint density at radius 3 is 2.39 bits per heavy atom. The second-order valence-corrected chi connectivity index (χ2v) is 7.99. The summed E-state index contributed by atoms with van der Waals surface area (Å²) in [5.41, 5.74) is 1.71. The maximum atomic E-state index is 13.3. The molecule has 0 spiro atoms. The monoisotopic (exact) mass is 461 g/mol. The Hall–Kier alpha value is -3.78. The molecule has 168 valence electrons. The molecule has 8 heteroatoms. The van der Waals surface area contributed by atoms with Gasteiger partial charge in [0.25, 0.3) is 5.56 Å². The molecule has 0 aliphatic carbocycles. The van der Waals surface area contributed by atoms with Gasteiger partial charge in [0.2, 0.25) is 5.91 Å². The lowest BCUT2D eigenvalue weighted by atomic mass is 10.2. The number of nitrogens with one attached hydrogen (secondary N) is 1. The topological polar surface area (TPSA) is 82.5 Å². The Morgan fingerprint density at radius 1 is 1.00 bits per heavy atom. The van der Waals surface area contributed by atoms with Gasteiger partial charge in [-0.25, -0.2) is 4.98 Å². The Morgan fingerprint density at radius 2 is 1.70 bits per heavy atom. The van der Waals surface area contributed by atoms with Crippen LogP contribution in [0.25, 0.3) is 16.6 Å². The maximum absolute atomic E-state index is 13.3. The van der Waals surface area contributed by atoms with Gasteiger partial charge in [0, 0.05) is 5.69 Å². The minimum absolute atomic E-state index is 0.0914. The molecule has 0 unspecified atom stereocenters. The summed E-state index contributed by atoms with van der Waals surface area (Å²) >= 11 is 1.20. The quantitative estimate of drug-likeness (QED) is 0.307. The number of ether oxygens (including phenoxy) is 2. The average molecular weight is 462 g/mol. The van der Waals surface area contributed by atoms with Gasteiger partial charge in [0.15, 0.2) is 5.16 Å². The number of hydrogen-bond acceptors (Lipinski definition) is 6. The van der Waals surface area contributed by atoms with Crippen molar-refractivity contribution in [1.29, 1.82) is 0 Å². The zero-order valence-corrected chi connectivity index (χ0v) is 19.1. The summed E-state index contributed by atoms with van der Waals surface area (Å²) in [7, 11) is 1.59. The van der Waals surface area contributed by atoms with Crippen LogP contribution in [-0.4, -0.2) is 34.9 Å². The largest absolute Gasteiger partial charge is 0.497 e. The van der Waals surface area contributed by atoms with Gasteiger partial charge < -0.3 is 14.8 Å². The van der Waals surface area contributed by atoms with Crippen molar-refractivity contribution in [2.75, 3.05) is 24.8 Å². The molecule has 0 aliphatic heterocycles. The van der Waals surface area contributed by atoms with Crippen molar-refractivity contribution in [3.05, 3.63) is 83.2 Å². The number of nitrogens with zero attached hydrogens (tertiary/aromatic N) is 2. The van der Waals surface area contributed by atoms with Crippen LogP contribution in [0.1, 0.15) is 6.92 Å². The number of amides is 1. The van der Waals surface area contributed by atoms with E-state index in [1.165, 1.54) is 16.3 Å². The second-order valence-electron chi connectivity index (χ2n) is 7.04. The van der Waals surface area contributed by atoms with Crippen molar-refractivity contribution >= 4 is 34.3 Å². The number of carbonyl (C=O) groups excluding carboxylic acids is 1. The molecule has 0 saturated heterocycles. The van der Waals surface area contributed by atoms with Crippen LogP contribution < -0.4 is 20.3 Å². The summed E-state index contributed by atoms with van der Waals surface area (Å²) in [5, 5.41) is 3.81. The highest BCUT2D eigenvalue weighted by Crippen LogP contribution is 2.23. The van der Waals surface area contributed by atoms with E-state index in [0.717, 1.165) is 5.75 Å². The van der Waals surface area contributed by atoms with Gasteiger partial charge in [0.05, 0.1) is 36.1 Å². The fraction of sp³-hybridized carbons (Fsp3) is 0.160. The van der Waals surface area contributed by atoms with Gasteiger partial charge in [0.1, 0.15) is 11.5 Å². The first-order valence-corrected chi connectivity index (χ1v) is 11.4. The average Bonchev–Trinajstić information content (AvgIpc) is 2.84. The Bertz CT molecular complexity index is 1320. The highest BCUT2D eigenvalue weighted by molar-refractivity contribution is 7.99. The summed E-state index contributed by atoms with van der Waals surface area (Å²) in [5.74, 6) is 1.32. The Kier molecular flexibility index (Phi) is 6.95. The first-order valence-electron chi connectivity index (χ1n) is 10.4. The summed E-state index contributed by atoms with van der Waals surface area (Å²) in [6.45, 7) is 2.50. The van der Waals surface area contributed by atoms with Crippen molar-refractivity contribution in [3.8, 4) is 17.2 Å². The number of carbonyl (C=O) groups is 1. The van der Waals surface area contributed by atoms with E-state index in [2.05, 4.69) is 10.3 Å². The molecule has 3 aromatic carbocycles. The first-order chi connectivity index (χ1) is 16.1. The molecular formula is C25H23N3O4S. The van der Waals surface area contributed by atoms with Gasteiger partial charge in [-0.1, -0.05) is 23.9 Å². The number of aromatic nitrogens is 2. The molecule has 0 bridgehead atoms. The van der Waals surface area contributed by atoms with Crippen molar-refractivity contribution in [2.45, 2.75) is 12.1 Å². The van der Waals surface area contributed by atoms with Crippen LogP contribution in [0, 0.1) is 0 Å². The second kappa shape index (κ2) is 10.2. The lowest BCUT2D eigenvalue weighted by molar-refractivity contribution is -0.113. The molecule has 4 aromatic rings. The van der Waals surface area contributed by atoms with Crippen molar-refractivity contribution in [1.82, 2.24) is 9.55 Å². The smallest absolute Gasteiger partial charge is 0.266 e. The van der Waals surface area contributed by atoms with Crippen molar-refractivity contribution < 1.29 is 14.3 Å². The number of hydrogen-bond donors (Lipinski definition) is 1. The number of methoxy groups -OCH3 is 1. The minimum Gasteiger partial charge on any atom is -0.497 e. The van der Waals surface area contributed by atoms with Crippen LogP contribution in [0.2, 0.25) is 0 Å². The highest BCUT2D eigenvalue weighted by Gasteiger charge is 2.15. The number of rotatable bonds is 8. The first kappa shape index (κ1) is 22.4. The third-order valence-electron chi connectivity index (χ3n) is 4.86. The predicted octanol–water partition coefficient (Wildman–Crippen LogP) is 4.52. The number of para-hydroxylation sites is 1. The standard InChI is InChI=1S/C25H23N3O4S/c1-3-32-20-12-8-17(9-13-20)26-23(29)16-33-25-27-22-7-5-4-6-21(22)24(30)28(25)18-10-14-19(31-2)15-11-18/h4-15H,3,16H2,1-2H3,(H,26,29). The molecule has 1 heterocycles. The van der Waals surface area contributed by atoms with Gasteiger partial charge in [-0.15, -0.1) is 0 Å². The van der Waals surface area contributed by atoms with Gasteiger partial charge >= 0.3 is 0 Å². The van der Waals surface area contributed by atoms with Crippen LogP contribution in [0.5, 0.6) is 11.5 Å². The summed E-state index contributed by atoms with van der Waals surface area (Å²) in [6, 6.07) is 21.5. The third-order valence-corrected chi connectivity index (χ3v) is 5.80. The molecule has 4 rings (SSSR count). The van der Waals surface area contributed by atoms with E-state index in [4.69, 9.17) is 9.47 Å². The van der Waals surface area contributed by atoms with E-state index in [1.54, 1.807) is 73.8 Å². The predicted molar refractivity (Wildman–Crippen MR) is 131 cm³/mol. The lowest BCUT2D eigenvalue weighted by Gasteiger charge is -2.14. The molecule has 1 amide bonds. The number of fused-ring (bicyclic) bond motifs is 1. The zero-order chi connectivity index (χ0) is 23.2.